The van der Waals surface area contributed by atoms with Gasteiger partial charge in [-0.15, -0.1) is 0 Å². The summed E-state index contributed by atoms with van der Waals surface area (Å²) >= 11 is 6.14. The highest BCUT2D eigenvalue weighted by Crippen LogP contribution is 2.53. The molecule has 178 valence electrons. The second kappa shape index (κ2) is 7.79. The predicted octanol–water partition coefficient (Wildman–Crippen LogP) is 1.62. The number of amides is 1. The molecule has 2 aliphatic carbocycles. The molecule has 0 bridgehead atoms. The number of nitrogens with zero attached hydrogens (tertiary/aromatic N) is 5. The number of likely N-dealkylation sites (tertiary alicyclic amines) is 1. The number of halogens is 3. The predicted molar refractivity (Wildman–Crippen MR) is 115 cm³/mol. The van der Waals surface area contributed by atoms with Gasteiger partial charge in [0.05, 0.1) is 36.3 Å². The highest BCUT2D eigenvalue weighted by molar-refractivity contribution is 6.30. The van der Waals surface area contributed by atoms with E-state index in [0.29, 0.717) is 0 Å². The minimum absolute atomic E-state index is 0.0105. The Kier molecular flexibility index (Phi) is 4.94. The minimum atomic E-state index is -1.34. The summed E-state index contributed by atoms with van der Waals surface area (Å²) < 4.78 is 28.3. The van der Waals surface area contributed by atoms with E-state index in [0.717, 1.165) is 18.7 Å². The summed E-state index contributed by atoms with van der Waals surface area (Å²) in [6, 6.07) is -0.122. The van der Waals surface area contributed by atoms with E-state index in [1.807, 2.05) is 0 Å². The van der Waals surface area contributed by atoms with Gasteiger partial charge in [-0.1, -0.05) is 11.6 Å². The van der Waals surface area contributed by atoms with Gasteiger partial charge in [0.25, 0.3) is 5.91 Å². The number of rotatable bonds is 4. The molecule has 2 saturated carbocycles. The largest absolute Gasteiger partial charge is 0.390 e. The smallest absolute Gasteiger partial charge is 0.275 e. The molecule has 1 aliphatic heterocycles. The van der Waals surface area contributed by atoms with Crippen LogP contribution in [-0.4, -0.2) is 77.1 Å². The maximum Gasteiger partial charge on any atom is 0.275 e. The third-order valence-electron chi connectivity index (χ3n) is 7.08. The van der Waals surface area contributed by atoms with Crippen molar-refractivity contribution >= 4 is 34.4 Å². The molecule has 0 unspecified atom stereocenters. The van der Waals surface area contributed by atoms with Crippen LogP contribution >= 0.6 is 11.6 Å². The number of aromatic nitrogens is 5. The Morgan fingerprint density at radius 1 is 1.21 bits per heavy atom. The Morgan fingerprint density at radius 3 is 2.79 bits per heavy atom. The summed E-state index contributed by atoms with van der Waals surface area (Å²) in [5.41, 5.74) is 0.449. The summed E-state index contributed by atoms with van der Waals surface area (Å²) in [4.78, 5) is 27.0. The van der Waals surface area contributed by atoms with Crippen molar-refractivity contribution in [2.75, 3.05) is 11.9 Å². The molecule has 7 atom stereocenters. The zero-order valence-electron chi connectivity index (χ0n) is 17.6. The average Bonchev–Trinajstić information content (AvgIpc) is 3.22. The van der Waals surface area contributed by atoms with Crippen LogP contribution in [0.1, 0.15) is 34.9 Å². The van der Waals surface area contributed by atoms with E-state index in [1.54, 1.807) is 0 Å². The van der Waals surface area contributed by atoms with Crippen molar-refractivity contribution in [3.05, 3.63) is 40.8 Å². The zero-order valence-corrected chi connectivity index (χ0v) is 18.3. The lowest BCUT2D eigenvalue weighted by Crippen LogP contribution is -2.38. The number of alkyl halides is 1. The number of fused-ring (bicyclic) bond motifs is 2. The fourth-order valence-electron chi connectivity index (χ4n) is 5.35. The quantitative estimate of drug-likeness (QED) is 0.404. The number of nitrogens with one attached hydrogen (secondary N) is 2. The van der Waals surface area contributed by atoms with E-state index < -0.39 is 42.2 Å². The Hall–Kier alpha value is -2.96. The normalized spacial score (nSPS) is 32.3. The molecule has 0 aromatic carbocycles. The molecular weight excluding hydrogens is 472 g/mol. The lowest BCUT2D eigenvalue weighted by molar-refractivity contribution is 0.0201. The topological polar surface area (TPSA) is 140 Å². The monoisotopic (exact) mass is 491 g/mol. The minimum Gasteiger partial charge on any atom is -0.390 e. The Bertz CT molecular complexity index is 1290. The second-order valence-electron chi connectivity index (χ2n) is 9.07. The molecule has 0 radical (unpaired) electrons. The van der Waals surface area contributed by atoms with Gasteiger partial charge in [-0.3, -0.25) is 9.89 Å². The number of anilines is 1. The Morgan fingerprint density at radius 2 is 2.03 bits per heavy atom. The van der Waals surface area contributed by atoms with Gasteiger partial charge in [-0.2, -0.15) is 5.10 Å². The molecule has 6 rings (SSSR count). The van der Waals surface area contributed by atoms with Crippen LogP contribution in [0, 0.1) is 17.7 Å². The third kappa shape index (κ3) is 3.31. The van der Waals surface area contributed by atoms with Crippen LogP contribution in [0.3, 0.4) is 0 Å². The molecule has 4 N–H and O–H groups in total. The van der Waals surface area contributed by atoms with Crippen molar-refractivity contribution < 1.29 is 23.8 Å². The van der Waals surface area contributed by atoms with E-state index in [1.165, 1.54) is 11.2 Å². The third-order valence-corrected chi connectivity index (χ3v) is 7.39. The van der Waals surface area contributed by atoms with Crippen LogP contribution in [0.4, 0.5) is 14.6 Å². The molecule has 13 heteroatoms. The van der Waals surface area contributed by atoms with E-state index >= 15 is 0 Å². The number of carbonyl (C=O) groups excluding carboxylic acids is 1. The fraction of sp³-hybridized carbons (Fsp3) is 0.476. The number of carbonyl (C=O) groups is 1. The molecule has 0 spiro atoms. The van der Waals surface area contributed by atoms with Gasteiger partial charge in [0.15, 0.2) is 11.3 Å². The maximum absolute atomic E-state index is 14.5. The molecule has 3 fully saturated rings. The fourth-order valence-corrected chi connectivity index (χ4v) is 5.58. The summed E-state index contributed by atoms with van der Waals surface area (Å²) in [5.74, 6) is -0.851. The van der Waals surface area contributed by atoms with Gasteiger partial charge in [0, 0.05) is 12.0 Å². The molecule has 3 aliphatic rings. The first kappa shape index (κ1) is 21.6. The van der Waals surface area contributed by atoms with E-state index in [4.69, 9.17) is 11.6 Å². The molecule has 3 aromatic heterocycles. The van der Waals surface area contributed by atoms with E-state index in [9.17, 15) is 23.8 Å². The van der Waals surface area contributed by atoms with Gasteiger partial charge in [0.2, 0.25) is 0 Å². The highest BCUT2D eigenvalue weighted by Gasteiger charge is 2.59. The van der Waals surface area contributed by atoms with Crippen LogP contribution < -0.4 is 5.32 Å². The molecule has 34 heavy (non-hydrogen) atoms. The number of hydrogen-bond donors (Lipinski definition) is 4. The van der Waals surface area contributed by atoms with Crippen molar-refractivity contribution in [3.8, 4) is 0 Å². The van der Waals surface area contributed by atoms with Crippen molar-refractivity contribution in [2.45, 2.75) is 43.3 Å². The number of aromatic amines is 1. The van der Waals surface area contributed by atoms with Gasteiger partial charge >= 0.3 is 0 Å². The number of pyridine rings is 1. The lowest BCUT2D eigenvalue weighted by atomic mass is 10.1. The number of aliphatic hydroxyl groups is 2. The second-order valence-corrected chi connectivity index (χ2v) is 9.43. The lowest BCUT2D eigenvalue weighted by Gasteiger charge is -2.25. The van der Waals surface area contributed by atoms with Crippen LogP contribution in [0.5, 0.6) is 0 Å². The van der Waals surface area contributed by atoms with Gasteiger partial charge in [-0.25, -0.2) is 23.7 Å². The number of H-pyrrole nitrogens is 1. The average molecular weight is 492 g/mol. The molecule has 3 aromatic rings. The van der Waals surface area contributed by atoms with Crippen LogP contribution in [0.25, 0.3) is 11.0 Å². The van der Waals surface area contributed by atoms with E-state index in [2.05, 4.69) is 30.5 Å². The van der Waals surface area contributed by atoms with Crippen LogP contribution in [0.15, 0.2) is 18.6 Å². The van der Waals surface area contributed by atoms with Crippen LogP contribution in [0.2, 0.25) is 5.15 Å². The van der Waals surface area contributed by atoms with Gasteiger partial charge in [0.1, 0.15) is 35.4 Å². The Labute approximate surface area is 196 Å². The first-order valence-electron chi connectivity index (χ1n) is 10.9. The highest BCUT2D eigenvalue weighted by atomic mass is 35.5. The summed E-state index contributed by atoms with van der Waals surface area (Å²) in [7, 11) is 0. The van der Waals surface area contributed by atoms with E-state index in [-0.39, 0.29) is 58.1 Å². The molecule has 4 heterocycles. The van der Waals surface area contributed by atoms with Gasteiger partial charge in [-0.05, 0) is 24.3 Å². The van der Waals surface area contributed by atoms with Crippen molar-refractivity contribution in [2.24, 2.45) is 11.8 Å². The summed E-state index contributed by atoms with van der Waals surface area (Å²) in [6.45, 7) is -0.224. The molecule has 1 saturated heterocycles. The number of hydrogen-bond acceptors (Lipinski definition) is 8. The van der Waals surface area contributed by atoms with Gasteiger partial charge < -0.3 is 20.4 Å². The summed E-state index contributed by atoms with van der Waals surface area (Å²) in [5, 5.41) is 30.8. The SMILES string of the molecule is O=C(c1n[nH]c2ncnc(N[C@H]3[C@H](O)[C@H](O)[C@@H]4C[C@@H]43)c12)N1C[C@@H](F)C[C@@H]1c1cc(F)cnc1Cl. The Balaban J connectivity index is 1.36. The first-order valence-corrected chi connectivity index (χ1v) is 11.3. The molecule has 1 amide bonds. The number of aliphatic hydroxyl groups excluding tert-OH is 2. The molecule has 10 nitrogen and oxygen atoms in total. The molecular formula is C21H20ClF2N7O3. The van der Waals surface area contributed by atoms with Crippen molar-refractivity contribution in [3.63, 3.8) is 0 Å². The first-order chi connectivity index (χ1) is 16.3. The standard InChI is InChI=1S/C21H20ClF2N7O3/c22-18-11(1-7(23)4-25-18)12-2-8(24)5-31(12)21(34)15-13-19(26-6-27-20(13)30-29-15)28-14-9-3-10(9)16(32)17(14)33/h1,4,6,8-10,12,14,16-17,32-33H,2-3,5H2,(H2,26,27,28,29,30)/t8-,9-,10+,12+,14+,16+,17-/m0/s1. The van der Waals surface area contributed by atoms with Crippen LogP contribution in [-0.2, 0) is 0 Å². The van der Waals surface area contributed by atoms with Crippen molar-refractivity contribution in [1.29, 1.82) is 0 Å². The summed E-state index contributed by atoms with van der Waals surface area (Å²) in [6.07, 6.45) is -0.163. The maximum atomic E-state index is 14.5. The van der Waals surface area contributed by atoms with Crippen molar-refractivity contribution in [1.82, 2.24) is 30.0 Å². The zero-order chi connectivity index (χ0) is 23.7.